The molecule has 3 aromatic rings. The summed E-state index contributed by atoms with van der Waals surface area (Å²) in [6.45, 7) is 1.98. The van der Waals surface area contributed by atoms with Crippen molar-refractivity contribution < 1.29 is 4.79 Å². The summed E-state index contributed by atoms with van der Waals surface area (Å²) in [6.07, 6.45) is 6.63. The zero-order valence-corrected chi connectivity index (χ0v) is 19.1. The molecule has 162 valence electrons. The number of carbonyl (C=O) groups excluding carboxylic acids is 1. The molecule has 1 aromatic heterocycles. The first kappa shape index (κ1) is 21.6. The first-order chi connectivity index (χ1) is 15.1. The van der Waals surface area contributed by atoms with Crippen LogP contribution in [0.2, 0.25) is 0 Å². The van der Waals surface area contributed by atoms with Crippen LogP contribution >= 0.6 is 11.8 Å². The monoisotopic (exact) mass is 434 g/mol. The Labute approximate surface area is 188 Å². The van der Waals surface area contributed by atoms with Crippen molar-refractivity contribution in [1.82, 2.24) is 19.7 Å². The summed E-state index contributed by atoms with van der Waals surface area (Å²) in [5.41, 5.74) is 2.20. The molecule has 0 radical (unpaired) electrons. The van der Waals surface area contributed by atoms with Crippen LogP contribution in [0.25, 0.3) is 5.69 Å². The molecule has 2 aromatic carbocycles. The lowest BCUT2D eigenvalue weighted by Gasteiger charge is -2.32. The highest BCUT2D eigenvalue weighted by Crippen LogP contribution is 2.29. The number of aromatic nitrogens is 3. The van der Waals surface area contributed by atoms with Crippen LogP contribution in [0, 0.1) is 0 Å². The fraction of sp³-hybridized carbons (Fsp3) is 0.400. The molecule has 1 aliphatic rings. The molecule has 1 amide bonds. The molecule has 1 heterocycles. The van der Waals surface area contributed by atoms with Crippen LogP contribution in [0.3, 0.4) is 0 Å². The van der Waals surface area contributed by atoms with Gasteiger partial charge in [0, 0.05) is 25.2 Å². The van der Waals surface area contributed by atoms with E-state index >= 15 is 0 Å². The summed E-state index contributed by atoms with van der Waals surface area (Å²) >= 11 is 1.50. The van der Waals surface area contributed by atoms with Gasteiger partial charge < -0.3 is 4.90 Å². The van der Waals surface area contributed by atoms with Crippen LogP contribution in [-0.4, -0.2) is 43.9 Å². The summed E-state index contributed by atoms with van der Waals surface area (Å²) in [5.74, 6) is 1.05. The van der Waals surface area contributed by atoms with Crippen LogP contribution in [-0.2, 0) is 11.2 Å². The van der Waals surface area contributed by atoms with Gasteiger partial charge in [0.15, 0.2) is 5.16 Å². The van der Waals surface area contributed by atoms with E-state index in [2.05, 4.69) is 39.0 Å². The molecule has 1 unspecified atom stereocenters. The minimum atomic E-state index is -0.219. The second-order valence-corrected chi connectivity index (χ2v) is 9.54. The summed E-state index contributed by atoms with van der Waals surface area (Å²) in [4.78, 5) is 15.1. The van der Waals surface area contributed by atoms with E-state index in [4.69, 9.17) is 0 Å². The smallest absolute Gasteiger partial charge is 0.235 e. The molecule has 0 N–H and O–H groups in total. The highest BCUT2D eigenvalue weighted by atomic mass is 32.2. The third-order valence-corrected chi connectivity index (χ3v) is 7.05. The average Bonchev–Trinajstić information content (AvgIpc) is 3.21. The van der Waals surface area contributed by atoms with E-state index in [9.17, 15) is 4.79 Å². The van der Waals surface area contributed by atoms with Crippen LogP contribution in [0.5, 0.6) is 0 Å². The molecule has 0 saturated heterocycles. The number of benzene rings is 2. The molecule has 1 fully saturated rings. The van der Waals surface area contributed by atoms with Gasteiger partial charge in [0.25, 0.3) is 0 Å². The van der Waals surface area contributed by atoms with Crippen LogP contribution in [0.15, 0.2) is 65.8 Å². The SMILES string of the molecule is CC(Sc1nnc(Cc2ccccc2)n1-c1ccccc1)C(=O)N(C)C1CCCCC1. The average molecular weight is 435 g/mol. The summed E-state index contributed by atoms with van der Waals surface area (Å²) < 4.78 is 2.09. The standard InChI is InChI=1S/C25H30N4OS/c1-19(24(30)28(2)21-14-8-4-9-15-21)31-25-27-26-23(18-20-12-6-3-7-13-20)29(25)22-16-10-5-11-17-22/h3,5-7,10-13,16-17,19,21H,4,8-9,14-15,18H2,1-2H3. The number of hydrogen-bond donors (Lipinski definition) is 0. The number of carbonyl (C=O) groups is 1. The lowest BCUT2D eigenvalue weighted by Crippen LogP contribution is -2.42. The number of thioether (sulfide) groups is 1. The Morgan fingerprint density at radius 3 is 2.35 bits per heavy atom. The first-order valence-electron chi connectivity index (χ1n) is 11.1. The molecular weight excluding hydrogens is 404 g/mol. The third-order valence-electron chi connectivity index (χ3n) is 6.02. The molecule has 31 heavy (non-hydrogen) atoms. The molecule has 0 aliphatic heterocycles. The van der Waals surface area contributed by atoms with Crippen molar-refractivity contribution in [1.29, 1.82) is 0 Å². The quantitative estimate of drug-likeness (QED) is 0.484. The Morgan fingerprint density at radius 1 is 1.03 bits per heavy atom. The molecule has 4 rings (SSSR count). The summed E-state index contributed by atoms with van der Waals surface area (Å²) in [6, 6.07) is 20.8. The number of hydrogen-bond acceptors (Lipinski definition) is 4. The maximum Gasteiger partial charge on any atom is 0.235 e. The minimum absolute atomic E-state index is 0.170. The summed E-state index contributed by atoms with van der Waals surface area (Å²) in [5, 5.41) is 9.53. The Bertz CT molecular complexity index is 983. The number of amides is 1. The van der Waals surface area contributed by atoms with Gasteiger partial charge in [0.05, 0.1) is 5.25 Å². The van der Waals surface area contributed by atoms with Gasteiger partial charge in [-0.25, -0.2) is 0 Å². The molecule has 1 saturated carbocycles. The van der Waals surface area contributed by atoms with Crippen molar-refractivity contribution in [3.63, 3.8) is 0 Å². The van der Waals surface area contributed by atoms with Crippen molar-refractivity contribution in [2.24, 2.45) is 0 Å². The summed E-state index contributed by atoms with van der Waals surface area (Å²) in [7, 11) is 1.96. The lowest BCUT2D eigenvalue weighted by atomic mass is 9.94. The third kappa shape index (κ3) is 5.18. The molecule has 0 spiro atoms. The molecular formula is C25H30N4OS. The van der Waals surface area contributed by atoms with Crippen LogP contribution < -0.4 is 0 Å². The Kier molecular flexibility index (Phi) is 7.07. The second kappa shape index (κ2) is 10.1. The maximum absolute atomic E-state index is 13.1. The highest BCUT2D eigenvalue weighted by molar-refractivity contribution is 8.00. The number of nitrogens with zero attached hydrogens (tertiary/aromatic N) is 4. The Morgan fingerprint density at radius 2 is 1.68 bits per heavy atom. The first-order valence-corrected chi connectivity index (χ1v) is 12.0. The zero-order chi connectivity index (χ0) is 21.6. The van der Waals surface area contributed by atoms with Crippen molar-refractivity contribution >= 4 is 17.7 Å². The molecule has 1 aliphatic carbocycles. The van der Waals surface area contributed by atoms with Crippen LogP contribution in [0.4, 0.5) is 0 Å². The largest absolute Gasteiger partial charge is 0.342 e. The van der Waals surface area contributed by atoms with E-state index in [1.54, 1.807) is 0 Å². The maximum atomic E-state index is 13.1. The second-order valence-electron chi connectivity index (χ2n) is 8.23. The van der Waals surface area contributed by atoms with Gasteiger partial charge >= 0.3 is 0 Å². The normalized spacial score (nSPS) is 15.5. The van der Waals surface area contributed by atoms with Crippen molar-refractivity contribution in [2.45, 2.75) is 61.9 Å². The van der Waals surface area contributed by atoms with E-state index in [1.807, 2.05) is 55.3 Å². The fourth-order valence-corrected chi connectivity index (χ4v) is 5.24. The lowest BCUT2D eigenvalue weighted by molar-refractivity contribution is -0.131. The molecule has 6 heteroatoms. The molecule has 5 nitrogen and oxygen atoms in total. The van der Waals surface area contributed by atoms with E-state index in [-0.39, 0.29) is 11.2 Å². The Balaban J connectivity index is 1.56. The van der Waals surface area contributed by atoms with Crippen molar-refractivity contribution in [2.75, 3.05) is 7.05 Å². The van der Waals surface area contributed by atoms with Crippen LogP contribution in [0.1, 0.15) is 50.4 Å². The minimum Gasteiger partial charge on any atom is -0.342 e. The van der Waals surface area contributed by atoms with Gasteiger partial charge in [-0.3, -0.25) is 9.36 Å². The number of para-hydroxylation sites is 1. The fourth-order valence-electron chi connectivity index (χ4n) is 4.25. The molecule has 1 atom stereocenters. The van der Waals surface area contributed by atoms with Gasteiger partial charge in [-0.2, -0.15) is 0 Å². The Hall–Kier alpha value is -2.60. The topological polar surface area (TPSA) is 51.0 Å². The van der Waals surface area contributed by atoms with Gasteiger partial charge in [0.2, 0.25) is 5.91 Å². The van der Waals surface area contributed by atoms with E-state index in [0.717, 1.165) is 29.5 Å². The van der Waals surface area contributed by atoms with Gasteiger partial charge in [-0.1, -0.05) is 79.6 Å². The van der Waals surface area contributed by atoms with Gasteiger partial charge in [-0.15, -0.1) is 10.2 Å². The number of rotatable bonds is 7. The zero-order valence-electron chi connectivity index (χ0n) is 18.3. The van der Waals surface area contributed by atoms with Gasteiger partial charge in [0.1, 0.15) is 5.82 Å². The molecule has 0 bridgehead atoms. The van der Waals surface area contributed by atoms with E-state index < -0.39 is 0 Å². The van der Waals surface area contributed by atoms with Crippen molar-refractivity contribution in [3.05, 3.63) is 72.1 Å². The van der Waals surface area contributed by atoms with Gasteiger partial charge in [-0.05, 0) is 37.5 Å². The highest BCUT2D eigenvalue weighted by Gasteiger charge is 2.28. The van der Waals surface area contributed by atoms with Crippen molar-refractivity contribution in [3.8, 4) is 5.69 Å². The predicted octanol–water partition coefficient (Wildman–Crippen LogP) is 5.13. The predicted molar refractivity (Wildman–Crippen MR) is 126 cm³/mol. The van der Waals surface area contributed by atoms with E-state index in [0.29, 0.717) is 12.5 Å². The van der Waals surface area contributed by atoms with E-state index in [1.165, 1.54) is 36.6 Å².